The zero-order chi connectivity index (χ0) is 20.3. The van der Waals surface area contributed by atoms with Crippen LogP contribution in [-0.4, -0.2) is 53.5 Å². The van der Waals surface area contributed by atoms with Crippen LogP contribution in [0.3, 0.4) is 0 Å². The summed E-state index contributed by atoms with van der Waals surface area (Å²) in [6, 6.07) is 5.86. The average Bonchev–Trinajstić information content (AvgIpc) is 2.67. The zero-order valence-electron chi connectivity index (χ0n) is 15.8. The van der Waals surface area contributed by atoms with Crippen molar-refractivity contribution in [1.29, 1.82) is 0 Å². The maximum absolute atomic E-state index is 12.6. The minimum atomic E-state index is -4.41. The van der Waals surface area contributed by atoms with Crippen molar-refractivity contribution < 1.29 is 18.0 Å². The van der Waals surface area contributed by atoms with Crippen LogP contribution in [0.25, 0.3) is 0 Å². The van der Waals surface area contributed by atoms with Gasteiger partial charge in [0.05, 0.1) is 5.56 Å². The number of aryl methyl sites for hydroxylation is 1. The lowest BCUT2D eigenvalue weighted by atomic mass is 10.2. The fourth-order valence-corrected chi connectivity index (χ4v) is 3.01. The maximum Gasteiger partial charge on any atom is 0.416 e. The molecule has 0 bridgehead atoms. The fraction of sp³-hybridized carbons (Fsp3) is 0.421. The Morgan fingerprint density at radius 2 is 1.75 bits per heavy atom. The predicted molar refractivity (Wildman–Crippen MR) is 100 cm³/mol. The van der Waals surface area contributed by atoms with Crippen LogP contribution in [-0.2, 0) is 6.18 Å². The van der Waals surface area contributed by atoms with E-state index in [2.05, 4.69) is 27.1 Å². The molecule has 0 saturated carbocycles. The van der Waals surface area contributed by atoms with Gasteiger partial charge in [0.15, 0.2) is 0 Å². The summed E-state index contributed by atoms with van der Waals surface area (Å²) in [6.45, 7) is 8.24. The quantitative estimate of drug-likeness (QED) is 0.865. The van der Waals surface area contributed by atoms with Crippen molar-refractivity contribution in [2.75, 3.05) is 42.9 Å². The van der Waals surface area contributed by atoms with Gasteiger partial charge in [0.2, 0.25) is 5.95 Å². The van der Waals surface area contributed by atoms with Crippen LogP contribution < -0.4 is 10.2 Å². The predicted octanol–water partition coefficient (Wildman–Crippen LogP) is 3.20. The third-order valence-corrected chi connectivity index (χ3v) is 4.65. The van der Waals surface area contributed by atoms with Crippen LogP contribution in [0.2, 0.25) is 0 Å². The van der Waals surface area contributed by atoms with Crippen LogP contribution in [0.15, 0.2) is 30.3 Å². The molecule has 1 fully saturated rings. The lowest BCUT2D eigenvalue weighted by Crippen LogP contribution is -2.47. The van der Waals surface area contributed by atoms with Crippen molar-refractivity contribution in [1.82, 2.24) is 14.9 Å². The van der Waals surface area contributed by atoms with Crippen LogP contribution in [0.4, 0.5) is 24.8 Å². The van der Waals surface area contributed by atoms with Crippen molar-refractivity contribution in [2.45, 2.75) is 20.0 Å². The number of benzene rings is 1. The number of nitrogens with zero attached hydrogens (tertiary/aromatic N) is 4. The Hall–Kier alpha value is -2.68. The number of hydrogen-bond acceptors (Lipinski definition) is 5. The first-order chi connectivity index (χ1) is 13.3. The summed E-state index contributed by atoms with van der Waals surface area (Å²) in [6.07, 6.45) is -4.41. The molecule has 1 saturated heterocycles. The molecule has 1 N–H and O–H groups in total. The number of rotatable bonds is 4. The van der Waals surface area contributed by atoms with Crippen LogP contribution in [0, 0.1) is 6.92 Å². The molecule has 0 atom stereocenters. The summed E-state index contributed by atoms with van der Waals surface area (Å²) >= 11 is 0. The molecule has 0 unspecified atom stereocenters. The molecular formula is C19H22F3N5O. The summed E-state index contributed by atoms with van der Waals surface area (Å²) < 4.78 is 37.9. The van der Waals surface area contributed by atoms with E-state index in [4.69, 9.17) is 0 Å². The Balaban J connectivity index is 1.72. The molecule has 0 aliphatic carbocycles. The van der Waals surface area contributed by atoms with Gasteiger partial charge in [-0.15, -0.1) is 0 Å². The molecule has 1 aliphatic heterocycles. The lowest BCUT2D eigenvalue weighted by Gasteiger charge is -2.34. The summed E-state index contributed by atoms with van der Waals surface area (Å²) in [5.74, 6) is 0.00650. The SMILES string of the molecule is CCN1CCN(c2nc(C)cc(C(=O)Nc3ccc(C(F)(F)F)cc3)n2)CC1. The Kier molecular flexibility index (Phi) is 5.83. The second kappa shape index (κ2) is 8.14. The number of alkyl halides is 3. The summed E-state index contributed by atoms with van der Waals surface area (Å²) in [4.78, 5) is 25.7. The van der Waals surface area contributed by atoms with Gasteiger partial charge >= 0.3 is 6.18 Å². The van der Waals surface area contributed by atoms with Gasteiger partial charge in [-0.05, 0) is 43.8 Å². The van der Waals surface area contributed by atoms with E-state index in [0.29, 0.717) is 11.6 Å². The second-order valence-electron chi connectivity index (χ2n) is 6.65. The van der Waals surface area contributed by atoms with Gasteiger partial charge in [-0.3, -0.25) is 4.79 Å². The average molecular weight is 393 g/mol. The van der Waals surface area contributed by atoms with Crippen molar-refractivity contribution in [2.24, 2.45) is 0 Å². The van der Waals surface area contributed by atoms with Gasteiger partial charge in [0.1, 0.15) is 5.69 Å². The number of anilines is 2. The van der Waals surface area contributed by atoms with Gasteiger partial charge in [-0.25, -0.2) is 9.97 Å². The number of hydrogen-bond donors (Lipinski definition) is 1. The first-order valence-electron chi connectivity index (χ1n) is 9.08. The minimum Gasteiger partial charge on any atom is -0.338 e. The largest absolute Gasteiger partial charge is 0.416 e. The van der Waals surface area contributed by atoms with Crippen LogP contribution in [0.1, 0.15) is 28.7 Å². The molecule has 6 nitrogen and oxygen atoms in total. The summed E-state index contributed by atoms with van der Waals surface area (Å²) in [7, 11) is 0. The van der Waals surface area contributed by atoms with Gasteiger partial charge < -0.3 is 15.1 Å². The fourth-order valence-electron chi connectivity index (χ4n) is 3.01. The highest BCUT2D eigenvalue weighted by atomic mass is 19.4. The third kappa shape index (κ3) is 4.78. The van der Waals surface area contributed by atoms with Gasteiger partial charge in [0, 0.05) is 37.6 Å². The van der Waals surface area contributed by atoms with Crippen molar-refractivity contribution in [3.63, 3.8) is 0 Å². The monoisotopic (exact) mass is 393 g/mol. The van der Waals surface area contributed by atoms with Crippen LogP contribution >= 0.6 is 0 Å². The van der Waals surface area contributed by atoms with Crippen LogP contribution in [0.5, 0.6) is 0 Å². The number of amides is 1. The number of nitrogens with one attached hydrogen (secondary N) is 1. The molecule has 2 heterocycles. The van der Waals surface area contributed by atoms with E-state index in [1.165, 1.54) is 12.1 Å². The smallest absolute Gasteiger partial charge is 0.338 e. The molecule has 0 radical (unpaired) electrons. The van der Waals surface area contributed by atoms with E-state index in [1.807, 2.05) is 4.90 Å². The highest BCUT2D eigenvalue weighted by Crippen LogP contribution is 2.29. The van der Waals surface area contributed by atoms with Gasteiger partial charge in [-0.1, -0.05) is 6.92 Å². The summed E-state index contributed by atoms with van der Waals surface area (Å²) in [5, 5.41) is 2.59. The number of carbonyl (C=O) groups is 1. The minimum absolute atomic E-state index is 0.181. The molecule has 28 heavy (non-hydrogen) atoms. The van der Waals surface area contributed by atoms with Crippen molar-refractivity contribution in [3.8, 4) is 0 Å². The van der Waals surface area contributed by atoms with E-state index in [9.17, 15) is 18.0 Å². The first-order valence-corrected chi connectivity index (χ1v) is 9.08. The number of halogens is 3. The second-order valence-corrected chi connectivity index (χ2v) is 6.65. The van der Waals surface area contributed by atoms with Crippen molar-refractivity contribution in [3.05, 3.63) is 47.3 Å². The van der Waals surface area contributed by atoms with E-state index >= 15 is 0 Å². The molecule has 1 aromatic carbocycles. The normalized spacial score (nSPS) is 15.5. The number of likely N-dealkylation sites (N-methyl/N-ethyl adjacent to an activating group) is 1. The molecule has 1 amide bonds. The Morgan fingerprint density at radius 1 is 1.11 bits per heavy atom. The van der Waals surface area contributed by atoms with Crippen molar-refractivity contribution >= 4 is 17.5 Å². The Morgan fingerprint density at radius 3 is 2.32 bits per heavy atom. The molecule has 1 aromatic heterocycles. The molecule has 2 aromatic rings. The van der Waals surface area contributed by atoms with Gasteiger partial charge in [0.25, 0.3) is 5.91 Å². The number of carbonyl (C=O) groups excluding carboxylic acids is 1. The topological polar surface area (TPSA) is 61.4 Å². The molecular weight excluding hydrogens is 371 g/mol. The highest BCUT2D eigenvalue weighted by Gasteiger charge is 2.30. The number of piperazine rings is 1. The first kappa shape index (κ1) is 20.1. The highest BCUT2D eigenvalue weighted by molar-refractivity contribution is 6.03. The molecule has 3 rings (SSSR count). The Bertz CT molecular complexity index is 830. The molecule has 9 heteroatoms. The van der Waals surface area contributed by atoms with E-state index in [-0.39, 0.29) is 11.4 Å². The van der Waals surface area contributed by atoms with E-state index in [0.717, 1.165) is 44.9 Å². The van der Waals surface area contributed by atoms with E-state index < -0.39 is 17.6 Å². The van der Waals surface area contributed by atoms with Gasteiger partial charge in [-0.2, -0.15) is 13.2 Å². The third-order valence-electron chi connectivity index (χ3n) is 4.65. The summed E-state index contributed by atoms with van der Waals surface area (Å²) in [5.41, 5.74) is 0.338. The molecule has 150 valence electrons. The Labute approximate surface area is 161 Å². The van der Waals surface area contributed by atoms with E-state index in [1.54, 1.807) is 13.0 Å². The maximum atomic E-state index is 12.6. The standard InChI is InChI=1S/C19H22F3N5O/c1-3-26-8-10-27(11-9-26)18-23-13(2)12-16(25-18)17(28)24-15-6-4-14(5-7-15)19(20,21)22/h4-7,12H,3,8-11H2,1-2H3,(H,24,28). The number of aromatic nitrogens is 2. The zero-order valence-corrected chi connectivity index (χ0v) is 15.8. The molecule has 0 spiro atoms. The lowest BCUT2D eigenvalue weighted by molar-refractivity contribution is -0.137. The molecule has 1 aliphatic rings.